The van der Waals surface area contributed by atoms with Gasteiger partial charge in [0.25, 0.3) is 0 Å². The van der Waals surface area contributed by atoms with Gasteiger partial charge in [-0.1, -0.05) is 12.1 Å². The van der Waals surface area contributed by atoms with Crippen LogP contribution in [-0.2, 0) is 6.42 Å². The van der Waals surface area contributed by atoms with Gasteiger partial charge in [-0.15, -0.1) is 0 Å². The molecule has 2 nitrogen and oxygen atoms in total. The van der Waals surface area contributed by atoms with Crippen LogP contribution >= 0.6 is 0 Å². The summed E-state index contributed by atoms with van der Waals surface area (Å²) in [6.45, 7) is 1.68. The van der Waals surface area contributed by atoms with Gasteiger partial charge in [-0.05, 0) is 42.0 Å². The van der Waals surface area contributed by atoms with Gasteiger partial charge in [-0.25, -0.2) is 0 Å². The molecule has 2 N–H and O–H groups in total. The Balaban J connectivity index is 1.87. The minimum atomic E-state index is 0.728. The second kappa shape index (κ2) is 2.99. The number of hydrogen-bond acceptors (Lipinski definition) is 2. The van der Waals surface area contributed by atoms with Crippen LogP contribution in [0.5, 0.6) is 5.75 Å². The van der Waals surface area contributed by atoms with E-state index in [0.717, 1.165) is 37.2 Å². The van der Waals surface area contributed by atoms with Gasteiger partial charge in [-0.3, -0.25) is 0 Å². The summed E-state index contributed by atoms with van der Waals surface area (Å²) in [6.07, 6.45) is 2.35. The van der Waals surface area contributed by atoms with Crippen molar-refractivity contribution in [3.05, 3.63) is 29.3 Å². The molecule has 1 aliphatic heterocycles. The molecule has 14 heavy (non-hydrogen) atoms. The largest absolute Gasteiger partial charge is 0.493 e. The monoisotopic (exact) mass is 189 g/mol. The molecule has 2 heteroatoms. The zero-order valence-corrected chi connectivity index (χ0v) is 8.20. The highest BCUT2D eigenvalue weighted by Crippen LogP contribution is 2.47. The zero-order valence-electron chi connectivity index (χ0n) is 8.20. The van der Waals surface area contributed by atoms with Crippen molar-refractivity contribution in [2.24, 2.45) is 11.7 Å². The van der Waals surface area contributed by atoms with Crippen LogP contribution < -0.4 is 10.5 Å². The van der Waals surface area contributed by atoms with E-state index in [1.165, 1.54) is 17.5 Å². The van der Waals surface area contributed by atoms with Crippen LogP contribution in [0.2, 0.25) is 0 Å². The van der Waals surface area contributed by atoms with Crippen LogP contribution in [-0.4, -0.2) is 13.2 Å². The van der Waals surface area contributed by atoms with Gasteiger partial charge < -0.3 is 10.5 Å². The van der Waals surface area contributed by atoms with Crippen LogP contribution in [0, 0.1) is 5.92 Å². The fourth-order valence-electron chi connectivity index (χ4n) is 2.35. The Kier molecular flexibility index (Phi) is 1.77. The van der Waals surface area contributed by atoms with Crippen molar-refractivity contribution in [3.63, 3.8) is 0 Å². The summed E-state index contributed by atoms with van der Waals surface area (Å²) in [5, 5.41) is 0. The molecule has 74 valence electrons. The number of fused-ring (bicyclic) bond motifs is 1. The van der Waals surface area contributed by atoms with Crippen molar-refractivity contribution in [3.8, 4) is 5.75 Å². The highest BCUT2D eigenvalue weighted by Gasteiger charge is 2.37. The van der Waals surface area contributed by atoms with E-state index in [9.17, 15) is 0 Å². The maximum Gasteiger partial charge on any atom is 0.122 e. The third-order valence-corrected chi connectivity index (χ3v) is 3.37. The number of nitrogens with two attached hydrogens (primary N) is 1. The molecule has 0 saturated heterocycles. The Morgan fingerprint density at radius 3 is 3.14 bits per heavy atom. The molecule has 0 radical (unpaired) electrons. The lowest BCUT2D eigenvalue weighted by molar-refractivity contribution is 0.357. The first-order valence-corrected chi connectivity index (χ1v) is 5.34. The first kappa shape index (κ1) is 8.30. The molecule has 1 heterocycles. The van der Waals surface area contributed by atoms with E-state index in [0.29, 0.717) is 0 Å². The third kappa shape index (κ3) is 1.22. The smallest absolute Gasteiger partial charge is 0.122 e. The summed E-state index contributed by atoms with van der Waals surface area (Å²) in [7, 11) is 0. The summed E-state index contributed by atoms with van der Waals surface area (Å²) < 4.78 is 5.48. The second-order valence-corrected chi connectivity index (χ2v) is 4.30. The van der Waals surface area contributed by atoms with Crippen molar-refractivity contribution >= 4 is 0 Å². The van der Waals surface area contributed by atoms with Gasteiger partial charge in [0.1, 0.15) is 5.75 Å². The Bertz CT molecular complexity index is 361. The van der Waals surface area contributed by atoms with Crippen LogP contribution in [0.3, 0.4) is 0 Å². The van der Waals surface area contributed by atoms with Gasteiger partial charge in [0, 0.05) is 6.42 Å². The van der Waals surface area contributed by atoms with Gasteiger partial charge in [-0.2, -0.15) is 0 Å². The zero-order chi connectivity index (χ0) is 9.54. The summed E-state index contributed by atoms with van der Waals surface area (Å²) in [5.74, 6) is 2.54. The molecule has 3 rings (SSSR count). The average Bonchev–Trinajstić information content (AvgIpc) is 2.87. The minimum Gasteiger partial charge on any atom is -0.493 e. The van der Waals surface area contributed by atoms with Crippen molar-refractivity contribution in [2.45, 2.75) is 18.8 Å². The predicted octanol–water partition coefficient (Wildman–Crippen LogP) is 1.68. The molecule has 1 fully saturated rings. The maximum absolute atomic E-state index is 5.65. The van der Waals surface area contributed by atoms with Crippen LogP contribution in [0.4, 0.5) is 0 Å². The highest BCUT2D eigenvalue weighted by molar-refractivity contribution is 5.42. The molecule has 0 amide bonds. The fraction of sp³-hybridized carbons (Fsp3) is 0.500. The molecular weight excluding hydrogens is 174 g/mol. The molecule has 1 aromatic rings. The van der Waals surface area contributed by atoms with E-state index in [2.05, 4.69) is 18.2 Å². The molecule has 2 aliphatic rings. The van der Waals surface area contributed by atoms with Crippen molar-refractivity contribution in [2.75, 3.05) is 13.2 Å². The Morgan fingerprint density at radius 1 is 1.43 bits per heavy atom. The summed E-state index contributed by atoms with van der Waals surface area (Å²) in [6, 6.07) is 6.62. The third-order valence-electron chi connectivity index (χ3n) is 3.37. The summed E-state index contributed by atoms with van der Waals surface area (Å²) >= 11 is 0. The molecular formula is C12H15NO. The molecule has 2 atom stereocenters. The van der Waals surface area contributed by atoms with Gasteiger partial charge >= 0.3 is 0 Å². The van der Waals surface area contributed by atoms with Crippen LogP contribution in [0.1, 0.15) is 23.5 Å². The van der Waals surface area contributed by atoms with Crippen LogP contribution in [0.25, 0.3) is 0 Å². The normalized spacial score (nSPS) is 28.4. The van der Waals surface area contributed by atoms with E-state index < -0.39 is 0 Å². The molecule has 0 aromatic heterocycles. The average molecular weight is 189 g/mol. The summed E-state index contributed by atoms with van der Waals surface area (Å²) in [4.78, 5) is 0. The molecule has 0 spiro atoms. The molecule has 1 aromatic carbocycles. The fourth-order valence-corrected chi connectivity index (χ4v) is 2.35. The number of benzene rings is 1. The van der Waals surface area contributed by atoms with Gasteiger partial charge in [0.2, 0.25) is 0 Å². The Morgan fingerprint density at radius 2 is 2.36 bits per heavy atom. The quantitative estimate of drug-likeness (QED) is 0.768. The maximum atomic E-state index is 5.65. The van der Waals surface area contributed by atoms with Crippen molar-refractivity contribution < 1.29 is 4.74 Å². The number of ether oxygens (including phenoxy) is 1. The second-order valence-electron chi connectivity index (χ2n) is 4.30. The number of hydrogen-bond donors (Lipinski definition) is 1. The lowest BCUT2D eigenvalue weighted by atomic mass is 10.0. The van der Waals surface area contributed by atoms with Crippen LogP contribution in [0.15, 0.2) is 18.2 Å². The van der Waals surface area contributed by atoms with E-state index in [-0.39, 0.29) is 0 Å². The van der Waals surface area contributed by atoms with E-state index in [1.54, 1.807) is 0 Å². The first-order valence-electron chi connectivity index (χ1n) is 5.34. The van der Waals surface area contributed by atoms with E-state index in [1.807, 2.05) is 0 Å². The predicted molar refractivity (Wildman–Crippen MR) is 55.5 cm³/mol. The molecule has 0 unspecified atom stereocenters. The molecule has 0 bridgehead atoms. The highest BCUT2D eigenvalue weighted by atomic mass is 16.5. The van der Waals surface area contributed by atoms with E-state index in [4.69, 9.17) is 10.5 Å². The minimum absolute atomic E-state index is 0.728. The van der Waals surface area contributed by atoms with Gasteiger partial charge in [0.05, 0.1) is 6.61 Å². The molecule has 1 saturated carbocycles. The first-order chi connectivity index (χ1) is 6.88. The molecule has 1 aliphatic carbocycles. The van der Waals surface area contributed by atoms with E-state index >= 15 is 0 Å². The van der Waals surface area contributed by atoms with Gasteiger partial charge in [0.15, 0.2) is 0 Å². The Hall–Kier alpha value is -1.02. The number of rotatable bonds is 2. The SMILES string of the molecule is NC[C@@H]1C[C@H]1c1ccc2c(c1)CCO2. The van der Waals surface area contributed by atoms with Crippen molar-refractivity contribution in [1.82, 2.24) is 0 Å². The standard InChI is InChI=1S/C12H15NO/c13-7-10-6-11(10)8-1-2-12-9(5-8)3-4-14-12/h1-2,5,10-11H,3-4,6-7,13H2/t10-,11-/m0/s1. The van der Waals surface area contributed by atoms with Crippen molar-refractivity contribution in [1.29, 1.82) is 0 Å². The Labute approximate surface area is 84.1 Å². The lowest BCUT2D eigenvalue weighted by Gasteiger charge is -2.02. The lowest BCUT2D eigenvalue weighted by Crippen LogP contribution is -2.01. The topological polar surface area (TPSA) is 35.2 Å². The summed E-state index contributed by atoms with van der Waals surface area (Å²) in [5.41, 5.74) is 8.49.